The number of hydrogen-bond donors (Lipinski definition) is 2. The molecule has 0 fully saturated rings. The predicted molar refractivity (Wildman–Crippen MR) is 316 cm³/mol. The van der Waals surface area contributed by atoms with Crippen LogP contribution in [0.15, 0.2) is 97.2 Å². The molecule has 0 bridgehead atoms. The van der Waals surface area contributed by atoms with Crippen LogP contribution < -0.4 is 0 Å². The summed E-state index contributed by atoms with van der Waals surface area (Å²) in [5.41, 5.74) is 0. The quantitative estimate of drug-likeness (QED) is 0.0197. The van der Waals surface area contributed by atoms with E-state index in [1.807, 2.05) is 0 Å². The SMILES string of the molecule is CC/C=C\C/C=C\C/C=C\C/C=C\CCCCCCCCC(=O)OC(COC(=O)CCCCCCC/C=C\C/C=C\C/C=C\CC)COP(=O)(O)OCC(CO)OC(=O)CCCCCCC/C=C\CCCCCCCC. The third-order valence-electron chi connectivity index (χ3n) is 12.5. The Bertz CT molecular complexity index is 1640. The third-order valence-corrected chi connectivity index (χ3v) is 13.4. The Hall–Kier alpha value is -3.60. The molecule has 11 nitrogen and oxygen atoms in total. The number of hydrogen-bond acceptors (Lipinski definition) is 10. The molecule has 0 aliphatic carbocycles. The lowest BCUT2D eigenvalue weighted by atomic mass is 10.1. The van der Waals surface area contributed by atoms with Gasteiger partial charge in [0.1, 0.15) is 12.7 Å². The Kier molecular flexibility index (Phi) is 54.8. The van der Waals surface area contributed by atoms with Gasteiger partial charge < -0.3 is 24.2 Å². The van der Waals surface area contributed by atoms with Gasteiger partial charge in [0.2, 0.25) is 0 Å². The second kappa shape index (κ2) is 57.6. The molecule has 3 atom stereocenters. The van der Waals surface area contributed by atoms with Gasteiger partial charge in [0.25, 0.3) is 0 Å². The third kappa shape index (κ3) is 55.2. The molecule has 0 aromatic heterocycles. The average molecular weight is 1090 g/mol. The maximum Gasteiger partial charge on any atom is 0.472 e. The molecule has 0 aliphatic rings. The highest BCUT2D eigenvalue weighted by Gasteiger charge is 2.28. The molecule has 0 saturated carbocycles. The van der Waals surface area contributed by atoms with Crippen LogP contribution in [0.4, 0.5) is 0 Å². The van der Waals surface area contributed by atoms with Gasteiger partial charge in [0.15, 0.2) is 6.10 Å². The van der Waals surface area contributed by atoms with Crippen molar-refractivity contribution in [3.8, 4) is 0 Å². The lowest BCUT2D eigenvalue weighted by Gasteiger charge is -2.21. The first-order valence-electron chi connectivity index (χ1n) is 30.1. The number of carbonyl (C=O) groups excluding carboxylic acids is 3. The van der Waals surface area contributed by atoms with Crippen LogP contribution in [0.5, 0.6) is 0 Å². The number of allylic oxidation sites excluding steroid dienone is 16. The molecule has 0 aromatic carbocycles. The minimum atomic E-state index is -4.76. The molecule has 0 spiro atoms. The molecular weight excluding hydrogens is 976 g/mol. The number of phosphoric ester groups is 1. The summed E-state index contributed by atoms with van der Waals surface area (Å²) >= 11 is 0. The zero-order valence-corrected chi connectivity index (χ0v) is 49.1. The van der Waals surface area contributed by atoms with Crippen LogP contribution in [0.3, 0.4) is 0 Å². The van der Waals surface area contributed by atoms with Crippen LogP contribution in [-0.2, 0) is 42.2 Å². The van der Waals surface area contributed by atoms with E-state index in [1.165, 1.54) is 38.5 Å². The summed E-state index contributed by atoms with van der Waals surface area (Å²) in [7, 11) is -4.76. The van der Waals surface area contributed by atoms with Gasteiger partial charge in [0.05, 0.1) is 19.8 Å². The fourth-order valence-electron chi connectivity index (χ4n) is 7.94. The minimum absolute atomic E-state index is 0.143. The van der Waals surface area contributed by atoms with Crippen LogP contribution in [0.1, 0.15) is 252 Å². The summed E-state index contributed by atoms with van der Waals surface area (Å²) in [6.07, 6.45) is 67.8. The molecule has 0 radical (unpaired) electrons. The minimum Gasteiger partial charge on any atom is -0.462 e. The van der Waals surface area contributed by atoms with Gasteiger partial charge in [-0.05, 0) is 116 Å². The Labute approximate surface area is 463 Å². The number of aliphatic hydroxyl groups excluding tert-OH is 1. The molecule has 0 aromatic rings. The van der Waals surface area contributed by atoms with Gasteiger partial charge in [-0.15, -0.1) is 0 Å². The van der Waals surface area contributed by atoms with Gasteiger partial charge in [-0.25, -0.2) is 4.57 Å². The zero-order valence-electron chi connectivity index (χ0n) is 48.2. The van der Waals surface area contributed by atoms with Crippen LogP contribution in [0, 0.1) is 0 Å². The van der Waals surface area contributed by atoms with Crippen molar-refractivity contribution in [2.45, 2.75) is 264 Å². The maximum atomic E-state index is 12.9. The lowest BCUT2D eigenvalue weighted by Crippen LogP contribution is -2.30. The Balaban J connectivity index is 4.77. The summed E-state index contributed by atoms with van der Waals surface area (Å²) in [6, 6.07) is 0. The number of rotatable bonds is 55. The van der Waals surface area contributed by atoms with E-state index >= 15 is 0 Å². The van der Waals surface area contributed by atoms with Crippen molar-refractivity contribution in [2.75, 3.05) is 26.4 Å². The predicted octanol–water partition coefficient (Wildman–Crippen LogP) is 18.0. The Morgan fingerprint density at radius 3 is 1.07 bits per heavy atom. The Morgan fingerprint density at radius 2 is 0.684 bits per heavy atom. The number of aliphatic hydroxyl groups is 1. The summed E-state index contributed by atoms with van der Waals surface area (Å²) in [5.74, 6) is -1.51. The Morgan fingerprint density at radius 1 is 0.382 bits per heavy atom. The molecule has 0 amide bonds. The van der Waals surface area contributed by atoms with E-state index in [9.17, 15) is 28.9 Å². The van der Waals surface area contributed by atoms with E-state index < -0.39 is 57.8 Å². The highest BCUT2D eigenvalue weighted by atomic mass is 31.2. The summed E-state index contributed by atoms with van der Waals surface area (Å²) < 4.78 is 39.6. The molecular formula is C64H109O11P. The average Bonchev–Trinajstić information content (AvgIpc) is 3.41. The summed E-state index contributed by atoms with van der Waals surface area (Å²) in [4.78, 5) is 48.6. The van der Waals surface area contributed by atoms with Crippen LogP contribution in [0.25, 0.3) is 0 Å². The molecule has 0 saturated heterocycles. The first-order chi connectivity index (χ1) is 37.2. The monoisotopic (exact) mass is 1080 g/mol. The molecule has 2 N–H and O–H groups in total. The van der Waals surface area contributed by atoms with Crippen molar-refractivity contribution in [1.29, 1.82) is 0 Å². The van der Waals surface area contributed by atoms with E-state index in [-0.39, 0.29) is 25.9 Å². The number of carbonyl (C=O) groups is 3. The second-order valence-corrected chi connectivity index (χ2v) is 21.2. The van der Waals surface area contributed by atoms with Crippen LogP contribution in [0.2, 0.25) is 0 Å². The number of ether oxygens (including phenoxy) is 3. The molecule has 76 heavy (non-hydrogen) atoms. The van der Waals surface area contributed by atoms with E-state index in [1.54, 1.807) is 0 Å². The lowest BCUT2D eigenvalue weighted by molar-refractivity contribution is -0.161. The molecule has 436 valence electrons. The normalized spacial score (nSPS) is 14.0. The molecule has 0 rings (SSSR count). The van der Waals surface area contributed by atoms with Gasteiger partial charge in [0, 0.05) is 19.3 Å². The van der Waals surface area contributed by atoms with Gasteiger partial charge in [-0.3, -0.25) is 23.4 Å². The van der Waals surface area contributed by atoms with Crippen molar-refractivity contribution in [2.24, 2.45) is 0 Å². The van der Waals surface area contributed by atoms with Gasteiger partial charge in [-0.1, -0.05) is 214 Å². The van der Waals surface area contributed by atoms with E-state index in [0.29, 0.717) is 19.3 Å². The van der Waals surface area contributed by atoms with E-state index in [2.05, 4.69) is 118 Å². The maximum absolute atomic E-state index is 12.9. The topological polar surface area (TPSA) is 155 Å². The van der Waals surface area contributed by atoms with E-state index in [4.69, 9.17) is 23.3 Å². The number of unbranched alkanes of at least 4 members (excludes halogenated alkanes) is 22. The fraction of sp³-hybridized carbons (Fsp3) is 0.703. The molecule has 0 heterocycles. The van der Waals surface area contributed by atoms with Crippen LogP contribution in [-0.4, -0.2) is 66.5 Å². The number of esters is 3. The second-order valence-electron chi connectivity index (χ2n) is 19.7. The van der Waals surface area contributed by atoms with Crippen molar-refractivity contribution >= 4 is 25.7 Å². The standard InChI is InChI=1S/C64H109O11P/c1-4-7-10-13-16-19-22-25-28-29-30-31-34-37-40-43-46-49-52-55-64(68)75-61(57-71-62(66)53-50-47-44-41-38-35-32-26-23-20-17-14-11-8-5-2)59-73-76(69,70)72-58-60(56-65)74-63(67)54-51-48-45-42-39-36-33-27-24-21-18-15-12-9-6-3/h7-8,10-11,16-17,19-20,25-28,30-33,60-61,65H,4-6,9,12-15,18,21-24,29,34-59H2,1-3H3,(H,69,70)/b10-7-,11-8-,19-16-,20-17-,28-25-,31-30-,32-26-,33-27-. The van der Waals surface area contributed by atoms with Crippen molar-refractivity contribution in [1.82, 2.24) is 0 Å². The number of phosphoric acid groups is 1. The molecule has 3 unspecified atom stereocenters. The largest absolute Gasteiger partial charge is 0.472 e. The fourth-order valence-corrected chi connectivity index (χ4v) is 8.73. The highest BCUT2D eigenvalue weighted by molar-refractivity contribution is 7.47. The molecule has 12 heteroatoms. The van der Waals surface area contributed by atoms with Crippen molar-refractivity contribution in [3.63, 3.8) is 0 Å². The van der Waals surface area contributed by atoms with E-state index in [0.717, 1.165) is 154 Å². The summed E-state index contributed by atoms with van der Waals surface area (Å²) in [5, 5.41) is 9.83. The van der Waals surface area contributed by atoms with Crippen molar-refractivity contribution < 1.29 is 52.2 Å². The van der Waals surface area contributed by atoms with Crippen LogP contribution >= 0.6 is 7.82 Å². The highest BCUT2D eigenvalue weighted by Crippen LogP contribution is 2.43. The zero-order chi connectivity index (χ0) is 55.5. The first kappa shape index (κ1) is 72.4. The van der Waals surface area contributed by atoms with Gasteiger partial charge in [-0.2, -0.15) is 0 Å². The smallest absolute Gasteiger partial charge is 0.462 e. The van der Waals surface area contributed by atoms with Crippen molar-refractivity contribution in [3.05, 3.63) is 97.2 Å². The first-order valence-corrected chi connectivity index (χ1v) is 31.6. The van der Waals surface area contributed by atoms with Gasteiger partial charge >= 0.3 is 25.7 Å². The molecule has 0 aliphatic heterocycles. The summed E-state index contributed by atoms with van der Waals surface area (Å²) in [6.45, 7) is 4.38.